The van der Waals surface area contributed by atoms with Gasteiger partial charge in [0.15, 0.2) is 5.58 Å². The van der Waals surface area contributed by atoms with Crippen molar-refractivity contribution in [2.75, 3.05) is 5.32 Å². The van der Waals surface area contributed by atoms with Crippen molar-refractivity contribution in [2.45, 2.75) is 46.0 Å². The fourth-order valence-corrected chi connectivity index (χ4v) is 3.65. The van der Waals surface area contributed by atoms with E-state index in [9.17, 15) is 4.79 Å². The number of amides is 1. The Morgan fingerprint density at radius 3 is 2.33 bits per heavy atom. The second-order valence-electron chi connectivity index (χ2n) is 8.78. The van der Waals surface area contributed by atoms with Crippen LogP contribution in [0.25, 0.3) is 28.6 Å². The number of nitrogens with one attached hydrogen (secondary N) is 1. The van der Waals surface area contributed by atoms with Crippen molar-refractivity contribution in [3.8, 4) is 11.5 Å². The van der Waals surface area contributed by atoms with Gasteiger partial charge < -0.3 is 9.73 Å². The maximum atomic E-state index is 12.3. The monoisotopic (exact) mass is 438 g/mol. The summed E-state index contributed by atoms with van der Waals surface area (Å²) >= 11 is 0. The minimum absolute atomic E-state index is 0.171. The van der Waals surface area contributed by atoms with Crippen molar-refractivity contribution in [1.29, 1.82) is 0 Å². The number of anilines is 1. The van der Waals surface area contributed by atoms with E-state index in [1.54, 1.807) is 6.08 Å². The van der Waals surface area contributed by atoms with Crippen LogP contribution in [-0.4, -0.2) is 10.9 Å². The maximum Gasteiger partial charge on any atom is 0.248 e. The molecule has 0 bridgehead atoms. The first-order chi connectivity index (χ1) is 15.9. The van der Waals surface area contributed by atoms with Crippen LogP contribution in [0.3, 0.4) is 0 Å². The third kappa shape index (κ3) is 5.40. The van der Waals surface area contributed by atoms with Gasteiger partial charge in [-0.1, -0.05) is 58.0 Å². The van der Waals surface area contributed by atoms with E-state index in [2.05, 4.69) is 62.3 Å². The second-order valence-corrected chi connectivity index (χ2v) is 8.78. The molecule has 0 radical (unpaired) electrons. The van der Waals surface area contributed by atoms with Crippen molar-refractivity contribution in [3.63, 3.8) is 0 Å². The predicted octanol–water partition coefficient (Wildman–Crippen LogP) is 7.78. The van der Waals surface area contributed by atoms with E-state index in [0.717, 1.165) is 34.3 Å². The van der Waals surface area contributed by atoms with E-state index in [0.29, 0.717) is 17.7 Å². The van der Waals surface area contributed by atoms with Gasteiger partial charge in [-0.05, 0) is 77.4 Å². The van der Waals surface area contributed by atoms with Gasteiger partial charge in [0.2, 0.25) is 11.8 Å². The molecule has 0 saturated carbocycles. The molecule has 1 amide bonds. The van der Waals surface area contributed by atoms with Gasteiger partial charge in [-0.25, -0.2) is 4.98 Å². The van der Waals surface area contributed by atoms with Gasteiger partial charge in [0.05, 0.1) is 0 Å². The Labute approximate surface area is 195 Å². The summed E-state index contributed by atoms with van der Waals surface area (Å²) in [4.78, 5) is 17.0. The van der Waals surface area contributed by atoms with E-state index < -0.39 is 0 Å². The van der Waals surface area contributed by atoms with Crippen LogP contribution >= 0.6 is 0 Å². The lowest BCUT2D eigenvalue weighted by molar-refractivity contribution is -0.111. The summed E-state index contributed by atoms with van der Waals surface area (Å²) < 4.78 is 5.94. The first-order valence-electron chi connectivity index (χ1n) is 11.5. The molecule has 0 fully saturated rings. The molecule has 4 nitrogen and oxygen atoms in total. The Kier molecular flexibility index (Phi) is 6.74. The third-order valence-corrected chi connectivity index (χ3v) is 6.02. The molecule has 1 N–H and O–H groups in total. The largest absolute Gasteiger partial charge is 0.436 e. The van der Waals surface area contributed by atoms with Crippen molar-refractivity contribution < 1.29 is 9.21 Å². The predicted molar refractivity (Wildman–Crippen MR) is 136 cm³/mol. The summed E-state index contributed by atoms with van der Waals surface area (Å²) in [6, 6.07) is 22.0. The highest BCUT2D eigenvalue weighted by Crippen LogP contribution is 2.28. The molecule has 1 atom stereocenters. The molecular formula is C29H30N2O2. The zero-order valence-electron chi connectivity index (χ0n) is 19.6. The average molecular weight is 439 g/mol. The van der Waals surface area contributed by atoms with Crippen LogP contribution in [0.5, 0.6) is 0 Å². The molecule has 1 aromatic heterocycles. The number of rotatable bonds is 7. The van der Waals surface area contributed by atoms with Gasteiger partial charge in [-0.2, -0.15) is 0 Å². The quantitative estimate of drug-likeness (QED) is 0.300. The Hall–Kier alpha value is -3.66. The van der Waals surface area contributed by atoms with Gasteiger partial charge in [-0.15, -0.1) is 0 Å². The van der Waals surface area contributed by atoms with Crippen LogP contribution in [0.2, 0.25) is 0 Å². The number of oxazole rings is 1. The molecule has 0 unspecified atom stereocenters. The van der Waals surface area contributed by atoms with Gasteiger partial charge in [0.1, 0.15) is 5.52 Å². The number of carbonyl (C=O) groups excluding carboxylic acids is 1. The lowest BCUT2D eigenvalue weighted by Crippen LogP contribution is -2.07. The lowest BCUT2D eigenvalue weighted by Gasteiger charge is -2.07. The summed E-state index contributed by atoms with van der Waals surface area (Å²) in [5, 5.41) is 2.90. The van der Waals surface area contributed by atoms with Gasteiger partial charge in [-0.3, -0.25) is 4.79 Å². The third-order valence-electron chi connectivity index (χ3n) is 6.02. The van der Waals surface area contributed by atoms with Gasteiger partial charge in [0, 0.05) is 17.3 Å². The maximum absolute atomic E-state index is 12.3. The molecule has 0 saturated heterocycles. The number of fused-ring (bicyclic) bond motifs is 1. The van der Waals surface area contributed by atoms with Crippen LogP contribution in [-0.2, 0) is 4.79 Å². The van der Waals surface area contributed by atoms with E-state index in [1.807, 2.05) is 48.5 Å². The molecule has 0 aliphatic rings. The van der Waals surface area contributed by atoms with E-state index in [-0.39, 0.29) is 5.91 Å². The molecule has 0 spiro atoms. The molecule has 168 valence electrons. The number of nitrogens with zero attached hydrogens (tertiary/aromatic N) is 1. The highest BCUT2D eigenvalue weighted by molar-refractivity contribution is 6.02. The zero-order chi connectivity index (χ0) is 23.4. The minimum Gasteiger partial charge on any atom is -0.436 e. The Balaban J connectivity index is 1.42. The fraction of sp³-hybridized carbons (Fsp3) is 0.241. The van der Waals surface area contributed by atoms with E-state index >= 15 is 0 Å². The van der Waals surface area contributed by atoms with E-state index in [1.165, 1.54) is 11.1 Å². The standard InChI is InChI=1S/C29H30N2O2/c1-5-20(4)24-13-16-27-26(18-24)31-29(33-27)23-11-14-25(15-12-23)30-28(32)17-8-21-6-9-22(10-7-21)19(2)3/h6-20H,5H2,1-4H3,(H,30,32)/b17-8+/t20-/m1/s1. The first kappa shape index (κ1) is 22.5. The smallest absolute Gasteiger partial charge is 0.248 e. The molecule has 3 aromatic carbocycles. The summed E-state index contributed by atoms with van der Waals surface area (Å²) in [6.45, 7) is 8.73. The van der Waals surface area contributed by atoms with Crippen LogP contribution in [0.4, 0.5) is 5.69 Å². The molecule has 1 heterocycles. The number of hydrogen-bond donors (Lipinski definition) is 1. The van der Waals surface area contributed by atoms with Crippen molar-refractivity contribution >= 4 is 28.8 Å². The van der Waals surface area contributed by atoms with Crippen LogP contribution in [0.15, 0.2) is 77.2 Å². The number of hydrogen-bond acceptors (Lipinski definition) is 3. The Morgan fingerprint density at radius 1 is 0.970 bits per heavy atom. The zero-order valence-corrected chi connectivity index (χ0v) is 19.6. The minimum atomic E-state index is -0.171. The topological polar surface area (TPSA) is 55.1 Å². The molecule has 33 heavy (non-hydrogen) atoms. The summed E-state index contributed by atoms with van der Waals surface area (Å²) in [7, 11) is 0. The highest BCUT2D eigenvalue weighted by atomic mass is 16.3. The van der Waals surface area contributed by atoms with E-state index in [4.69, 9.17) is 4.42 Å². The van der Waals surface area contributed by atoms with Gasteiger partial charge in [0.25, 0.3) is 0 Å². The summed E-state index contributed by atoms with van der Waals surface area (Å²) in [5.41, 5.74) is 6.79. The Morgan fingerprint density at radius 2 is 1.67 bits per heavy atom. The van der Waals surface area contributed by atoms with Crippen molar-refractivity contribution in [1.82, 2.24) is 4.98 Å². The fourth-order valence-electron chi connectivity index (χ4n) is 3.65. The normalized spacial score (nSPS) is 12.5. The number of carbonyl (C=O) groups is 1. The van der Waals surface area contributed by atoms with Crippen molar-refractivity contribution in [2.24, 2.45) is 0 Å². The Bertz CT molecular complexity index is 1270. The molecule has 0 aliphatic carbocycles. The lowest BCUT2D eigenvalue weighted by atomic mass is 9.98. The van der Waals surface area contributed by atoms with Crippen molar-refractivity contribution in [3.05, 3.63) is 89.5 Å². The first-order valence-corrected chi connectivity index (χ1v) is 11.5. The van der Waals surface area contributed by atoms with Gasteiger partial charge >= 0.3 is 0 Å². The second kappa shape index (κ2) is 9.86. The molecule has 4 rings (SSSR count). The summed E-state index contributed by atoms with van der Waals surface area (Å²) in [5.74, 6) is 1.39. The molecule has 4 heteroatoms. The number of aromatic nitrogens is 1. The summed E-state index contributed by atoms with van der Waals surface area (Å²) in [6.07, 6.45) is 4.46. The highest BCUT2D eigenvalue weighted by Gasteiger charge is 2.11. The number of benzene rings is 3. The van der Waals surface area contributed by atoms with Crippen LogP contribution in [0.1, 0.15) is 62.6 Å². The molecule has 0 aliphatic heterocycles. The SMILES string of the molecule is CC[C@@H](C)c1ccc2oc(-c3ccc(NC(=O)/C=C/c4ccc(C(C)C)cc4)cc3)nc2c1. The average Bonchev–Trinajstić information content (AvgIpc) is 3.26. The van der Waals surface area contributed by atoms with Crippen LogP contribution in [0, 0.1) is 0 Å². The van der Waals surface area contributed by atoms with Crippen LogP contribution < -0.4 is 5.32 Å². The molecule has 4 aromatic rings. The molecular weight excluding hydrogens is 408 g/mol.